The Hall–Kier alpha value is -1.03. The van der Waals surface area contributed by atoms with Gasteiger partial charge in [0, 0.05) is 12.3 Å². The fraction of sp³-hybridized carbons (Fsp3) is 0.222. The molecular weight excluding hydrogens is 232 g/mol. The molecule has 0 aromatic carbocycles. The van der Waals surface area contributed by atoms with Crippen LogP contribution in [0.3, 0.4) is 0 Å². The van der Waals surface area contributed by atoms with Crippen molar-refractivity contribution in [3.63, 3.8) is 0 Å². The Morgan fingerprint density at radius 2 is 2.23 bits per heavy atom. The molecule has 0 N–H and O–H groups in total. The molecule has 0 saturated heterocycles. The lowest BCUT2D eigenvalue weighted by molar-refractivity contribution is 0.392. The Kier molecular flexibility index (Phi) is 2.00. The Labute approximate surface area is 84.5 Å². The molecule has 68 valence electrons. The van der Waals surface area contributed by atoms with Crippen LogP contribution in [0.2, 0.25) is 0 Å². The van der Waals surface area contributed by atoms with Crippen molar-refractivity contribution in [2.24, 2.45) is 0 Å². The molecule has 0 unspecified atom stereocenters. The fourth-order valence-corrected chi connectivity index (χ4v) is 1.71. The molecule has 0 aliphatic rings. The number of ether oxygens (including phenoxy) is 1. The number of hydrogen-bond donors (Lipinski definition) is 0. The molecule has 4 heteroatoms. The zero-order valence-corrected chi connectivity index (χ0v) is 9.00. The number of fused-ring (bicyclic) bond motifs is 1. The average molecular weight is 241 g/mol. The van der Waals surface area contributed by atoms with Crippen LogP contribution in [-0.4, -0.2) is 16.5 Å². The van der Waals surface area contributed by atoms with Gasteiger partial charge in [-0.15, -0.1) is 0 Å². The molecule has 0 fully saturated rings. The van der Waals surface area contributed by atoms with Crippen molar-refractivity contribution < 1.29 is 4.74 Å². The maximum atomic E-state index is 5.20. The third-order valence-corrected chi connectivity index (χ3v) is 2.48. The van der Waals surface area contributed by atoms with Gasteiger partial charge in [-0.1, -0.05) is 0 Å². The quantitative estimate of drug-likeness (QED) is 0.766. The lowest BCUT2D eigenvalue weighted by Gasteiger charge is -2.03. The van der Waals surface area contributed by atoms with Crippen LogP contribution in [0, 0.1) is 6.92 Å². The number of nitrogens with zero attached hydrogens (tertiary/aromatic N) is 2. The number of aryl methyl sites for hydroxylation is 1. The van der Waals surface area contributed by atoms with Gasteiger partial charge in [-0.3, -0.25) is 4.40 Å². The van der Waals surface area contributed by atoms with E-state index in [1.165, 1.54) is 0 Å². The minimum atomic E-state index is 0.791. The van der Waals surface area contributed by atoms with Crippen LogP contribution in [0.4, 0.5) is 0 Å². The highest BCUT2D eigenvalue weighted by Crippen LogP contribution is 2.22. The summed E-state index contributed by atoms with van der Waals surface area (Å²) in [5.41, 5.74) is 1.86. The Morgan fingerprint density at radius 3 is 2.92 bits per heavy atom. The summed E-state index contributed by atoms with van der Waals surface area (Å²) >= 11 is 3.43. The van der Waals surface area contributed by atoms with Gasteiger partial charge < -0.3 is 4.74 Å². The molecule has 0 saturated carbocycles. The molecule has 0 bridgehead atoms. The van der Waals surface area contributed by atoms with Crippen molar-refractivity contribution in [1.82, 2.24) is 9.38 Å². The van der Waals surface area contributed by atoms with E-state index in [0.717, 1.165) is 21.7 Å². The van der Waals surface area contributed by atoms with Gasteiger partial charge in [-0.25, -0.2) is 4.98 Å². The SMILES string of the molecule is COc1ccc(Br)c2nc(C)cn12. The maximum absolute atomic E-state index is 5.20. The molecule has 0 amide bonds. The number of hydrogen-bond acceptors (Lipinski definition) is 2. The van der Waals surface area contributed by atoms with Crippen LogP contribution in [0.15, 0.2) is 22.8 Å². The minimum Gasteiger partial charge on any atom is -0.482 e. The number of halogens is 1. The molecular formula is C9H9BrN2O. The summed E-state index contributed by atoms with van der Waals surface area (Å²) in [5.74, 6) is 0.791. The van der Waals surface area contributed by atoms with Crippen molar-refractivity contribution in [3.05, 3.63) is 28.5 Å². The van der Waals surface area contributed by atoms with Crippen LogP contribution >= 0.6 is 15.9 Å². The highest BCUT2D eigenvalue weighted by atomic mass is 79.9. The molecule has 0 spiro atoms. The Morgan fingerprint density at radius 1 is 1.46 bits per heavy atom. The van der Waals surface area contributed by atoms with Gasteiger partial charge >= 0.3 is 0 Å². The third-order valence-electron chi connectivity index (χ3n) is 1.86. The van der Waals surface area contributed by atoms with E-state index >= 15 is 0 Å². The molecule has 3 nitrogen and oxygen atoms in total. The summed E-state index contributed by atoms with van der Waals surface area (Å²) in [5, 5.41) is 0. The van der Waals surface area contributed by atoms with Crippen LogP contribution in [0.1, 0.15) is 5.69 Å². The van der Waals surface area contributed by atoms with E-state index in [0.29, 0.717) is 0 Å². The number of methoxy groups -OCH3 is 1. The van der Waals surface area contributed by atoms with Gasteiger partial charge in [-0.05, 0) is 28.9 Å². The topological polar surface area (TPSA) is 26.5 Å². The predicted octanol–water partition coefficient (Wildman–Crippen LogP) is 2.41. The first-order valence-corrected chi connectivity index (χ1v) is 4.70. The van der Waals surface area contributed by atoms with Gasteiger partial charge in [0.15, 0.2) is 11.5 Å². The van der Waals surface area contributed by atoms with E-state index in [1.54, 1.807) is 7.11 Å². The van der Waals surface area contributed by atoms with E-state index in [2.05, 4.69) is 20.9 Å². The lowest BCUT2D eigenvalue weighted by atomic mass is 10.4. The Bertz CT molecular complexity index is 450. The predicted molar refractivity (Wildman–Crippen MR) is 54.2 cm³/mol. The van der Waals surface area contributed by atoms with Gasteiger partial charge in [0.05, 0.1) is 17.3 Å². The van der Waals surface area contributed by atoms with Crippen LogP contribution in [-0.2, 0) is 0 Å². The molecule has 0 aliphatic heterocycles. The summed E-state index contributed by atoms with van der Waals surface area (Å²) in [7, 11) is 1.65. The van der Waals surface area contributed by atoms with E-state index in [4.69, 9.17) is 4.74 Å². The molecule has 0 radical (unpaired) electrons. The first-order chi connectivity index (χ1) is 6.22. The monoisotopic (exact) mass is 240 g/mol. The van der Waals surface area contributed by atoms with E-state index in [-0.39, 0.29) is 0 Å². The van der Waals surface area contributed by atoms with Crippen LogP contribution in [0.5, 0.6) is 5.88 Å². The summed E-state index contributed by atoms with van der Waals surface area (Å²) in [6, 6.07) is 3.83. The molecule has 2 rings (SSSR count). The largest absolute Gasteiger partial charge is 0.482 e. The maximum Gasteiger partial charge on any atom is 0.199 e. The van der Waals surface area contributed by atoms with Gasteiger partial charge in [0.2, 0.25) is 0 Å². The average Bonchev–Trinajstić information content (AvgIpc) is 2.48. The van der Waals surface area contributed by atoms with Gasteiger partial charge in [0.25, 0.3) is 0 Å². The number of pyridine rings is 1. The second-order valence-electron chi connectivity index (χ2n) is 2.80. The summed E-state index contributed by atoms with van der Waals surface area (Å²) in [4.78, 5) is 4.36. The second kappa shape index (κ2) is 3.03. The van der Waals surface area contributed by atoms with E-state index in [9.17, 15) is 0 Å². The van der Waals surface area contributed by atoms with Crippen LogP contribution in [0.25, 0.3) is 5.65 Å². The number of aromatic nitrogens is 2. The van der Waals surface area contributed by atoms with Crippen molar-refractivity contribution in [2.45, 2.75) is 6.92 Å². The van der Waals surface area contributed by atoms with Crippen LogP contribution < -0.4 is 4.74 Å². The van der Waals surface area contributed by atoms with Crippen molar-refractivity contribution in [2.75, 3.05) is 7.11 Å². The number of rotatable bonds is 1. The van der Waals surface area contributed by atoms with Crippen molar-refractivity contribution in [1.29, 1.82) is 0 Å². The van der Waals surface area contributed by atoms with Crippen molar-refractivity contribution in [3.8, 4) is 5.88 Å². The summed E-state index contributed by atoms with van der Waals surface area (Å²) < 4.78 is 8.09. The second-order valence-corrected chi connectivity index (χ2v) is 3.65. The molecule has 0 atom stereocenters. The van der Waals surface area contributed by atoms with Gasteiger partial charge in [0.1, 0.15) is 0 Å². The lowest BCUT2D eigenvalue weighted by Crippen LogP contribution is -1.92. The zero-order valence-electron chi connectivity index (χ0n) is 7.41. The molecule has 0 aliphatic carbocycles. The van der Waals surface area contributed by atoms with E-state index in [1.807, 2.05) is 29.7 Å². The molecule has 13 heavy (non-hydrogen) atoms. The molecule has 2 heterocycles. The highest BCUT2D eigenvalue weighted by molar-refractivity contribution is 9.10. The number of imidazole rings is 1. The van der Waals surface area contributed by atoms with E-state index < -0.39 is 0 Å². The first-order valence-electron chi connectivity index (χ1n) is 3.90. The first kappa shape index (κ1) is 8.56. The van der Waals surface area contributed by atoms with Crippen molar-refractivity contribution >= 4 is 21.6 Å². The third kappa shape index (κ3) is 1.31. The Balaban J connectivity index is 2.83. The fourth-order valence-electron chi connectivity index (χ4n) is 1.30. The summed E-state index contributed by atoms with van der Waals surface area (Å²) in [6.45, 7) is 1.96. The van der Waals surface area contributed by atoms with Gasteiger partial charge in [-0.2, -0.15) is 0 Å². The minimum absolute atomic E-state index is 0.791. The zero-order chi connectivity index (χ0) is 9.42. The molecule has 2 aromatic rings. The summed E-state index contributed by atoms with van der Waals surface area (Å²) in [6.07, 6.45) is 1.94. The standard InChI is InChI=1S/C9H9BrN2O/c1-6-5-12-8(13-2)4-3-7(10)9(12)11-6/h3-5H,1-2H3. The normalized spacial score (nSPS) is 10.7. The molecule has 2 aromatic heterocycles. The smallest absolute Gasteiger partial charge is 0.199 e. The highest BCUT2D eigenvalue weighted by Gasteiger charge is 2.05.